The van der Waals surface area contributed by atoms with Crippen molar-refractivity contribution in [2.24, 2.45) is 11.8 Å². The van der Waals surface area contributed by atoms with Crippen LogP contribution >= 0.6 is 70.6 Å². The first kappa shape index (κ1) is 43.2. The fraction of sp³-hybridized carbons (Fsp3) is 0.308. The van der Waals surface area contributed by atoms with Crippen LogP contribution in [0.1, 0.15) is 79.1 Å². The van der Waals surface area contributed by atoms with Crippen LogP contribution in [0.2, 0.25) is 0 Å². The zero-order valence-electron chi connectivity index (χ0n) is 34.9. The van der Waals surface area contributed by atoms with E-state index in [1.807, 2.05) is 22.7 Å². The van der Waals surface area contributed by atoms with E-state index in [9.17, 15) is 0 Å². The largest absolute Gasteiger partial charge is 0.478 e. The Labute approximate surface area is 382 Å². The molecule has 0 radical (unpaired) electrons. The van der Waals surface area contributed by atoms with Gasteiger partial charge in [0.25, 0.3) is 0 Å². The van der Waals surface area contributed by atoms with Crippen LogP contribution in [0.5, 0.6) is 0 Å². The van der Waals surface area contributed by atoms with Crippen LogP contribution in [-0.4, -0.2) is 22.0 Å². The molecule has 2 nitrogen and oxygen atoms in total. The Hall–Kier alpha value is -3.50. The third-order valence-corrected chi connectivity index (χ3v) is 16.5. The molecule has 2 atom stereocenters. The lowest BCUT2D eigenvalue weighted by atomic mass is 10.0. The average molecular weight is 901 g/mol. The molecule has 0 N–H and O–H groups in total. The highest BCUT2D eigenvalue weighted by Gasteiger charge is 2.16. The summed E-state index contributed by atoms with van der Waals surface area (Å²) in [7, 11) is 0. The van der Waals surface area contributed by atoms with Crippen molar-refractivity contribution in [2.45, 2.75) is 88.9 Å². The number of thioether (sulfide) groups is 2. The van der Waals surface area contributed by atoms with Gasteiger partial charge in [-0.15, -0.1) is 22.7 Å². The van der Waals surface area contributed by atoms with Crippen molar-refractivity contribution in [3.8, 4) is 22.3 Å². The Morgan fingerprint density at radius 2 is 0.883 bits per heavy atom. The van der Waals surface area contributed by atoms with Gasteiger partial charge in [-0.1, -0.05) is 127 Å². The molecule has 0 aliphatic heterocycles. The molecule has 6 aromatic carbocycles. The molecule has 0 amide bonds. The standard InChI is InChI=1S/C52H52O2S6/c1-5-9-11-33(7-3)31-53-51(55)57-43-21-17-37-25-35(13-15-39(37)27-43)41-19-23-45-47(29-41)59-50-46-24-20-42(30-48(46)60-49(45)50)36-14-16-40-28-44(22-18-38(40)26-36)58-52(56)54-32-34(8-4)12-10-6-2/h13-30,33-34H,5-12,31-32H2,1-4H3. The summed E-state index contributed by atoms with van der Waals surface area (Å²) in [6.07, 6.45) is 9.59. The summed E-state index contributed by atoms with van der Waals surface area (Å²) in [5.41, 5.74) is 4.95. The van der Waals surface area contributed by atoms with Gasteiger partial charge in [-0.25, -0.2) is 0 Å². The van der Waals surface area contributed by atoms with Gasteiger partial charge < -0.3 is 9.47 Å². The van der Waals surface area contributed by atoms with Crippen LogP contribution < -0.4 is 0 Å². The molecule has 0 aliphatic rings. The number of hydrogen-bond donors (Lipinski definition) is 0. The van der Waals surface area contributed by atoms with Crippen molar-refractivity contribution in [1.82, 2.24) is 0 Å². The number of thiophene rings is 2. The second kappa shape index (κ2) is 20.1. The molecular weight excluding hydrogens is 849 g/mol. The zero-order chi connectivity index (χ0) is 41.6. The Balaban J connectivity index is 0.944. The summed E-state index contributed by atoms with van der Waals surface area (Å²) in [5.74, 6) is 1.15. The predicted molar refractivity (Wildman–Crippen MR) is 276 cm³/mol. The molecule has 0 aliphatic carbocycles. The van der Waals surface area contributed by atoms with Crippen LogP contribution in [0.4, 0.5) is 0 Å². The first-order valence-electron chi connectivity index (χ1n) is 21.5. The maximum absolute atomic E-state index is 6.01. The molecule has 2 heterocycles. The number of unbranched alkanes of at least 4 members (excludes halogenated alkanes) is 2. The monoisotopic (exact) mass is 900 g/mol. The molecule has 2 unspecified atom stereocenters. The topological polar surface area (TPSA) is 18.5 Å². The molecule has 0 bridgehead atoms. The molecule has 0 spiro atoms. The predicted octanol–water partition coefficient (Wildman–Crippen LogP) is 18.1. The van der Waals surface area contributed by atoms with Gasteiger partial charge in [-0.05, 0) is 165 Å². The van der Waals surface area contributed by atoms with E-state index in [1.54, 1.807) is 23.5 Å². The maximum atomic E-state index is 6.01. The fourth-order valence-electron chi connectivity index (χ4n) is 7.97. The van der Waals surface area contributed by atoms with E-state index < -0.39 is 0 Å². The molecule has 8 heteroatoms. The normalized spacial score (nSPS) is 12.8. The van der Waals surface area contributed by atoms with Crippen LogP contribution in [0.3, 0.4) is 0 Å². The van der Waals surface area contributed by atoms with Crippen LogP contribution in [0.15, 0.2) is 119 Å². The van der Waals surface area contributed by atoms with Crippen molar-refractivity contribution in [1.29, 1.82) is 0 Å². The van der Waals surface area contributed by atoms with E-state index in [0.29, 0.717) is 33.8 Å². The van der Waals surface area contributed by atoms with E-state index in [-0.39, 0.29) is 0 Å². The van der Waals surface area contributed by atoms with Crippen molar-refractivity contribution in [3.05, 3.63) is 109 Å². The summed E-state index contributed by atoms with van der Waals surface area (Å²) in [6.45, 7) is 10.4. The second-order valence-electron chi connectivity index (χ2n) is 15.9. The number of benzene rings is 6. The van der Waals surface area contributed by atoms with Crippen molar-refractivity contribution in [2.75, 3.05) is 13.2 Å². The van der Waals surface area contributed by atoms with Crippen LogP contribution in [-0.2, 0) is 9.47 Å². The third kappa shape index (κ3) is 10.1. The van der Waals surface area contributed by atoms with E-state index >= 15 is 0 Å². The summed E-state index contributed by atoms with van der Waals surface area (Å²) < 4.78 is 18.7. The highest BCUT2D eigenvalue weighted by Crippen LogP contribution is 2.46. The van der Waals surface area contributed by atoms with Gasteiger partial charge >= 0.3 is 0 Å². The second-order valence-corrected chi connectivity index (χ2v) is 21.3. The molecule has 8 aromatic rings. The maximum Gasteiger partial charge on any atom is 0.224 e. The lowest BCUT2D eigenvalue weighted by Crippen LogP contribution is -2.10. The number of ether oxygens (including phenoxy) is 2. The minimum absolute atomic E-state index is 0.573. The van der Waals surface area contributed by atoms with E-state index in [2.05, 4.69) is 137 Å². The average Bonchev–Trinajstić information content (AvgIpc) is 3.81. The Morgan fingerprint density at radius 1 is 0.500 bits per heavy atom. The third-order valence-electron chi connectivity index (χ3n) is 11.7. The van der Waals surface area contributed by atoms with Gasteiger partial charge in [0.05, 0.1) is 22.6 Å². The molecule has 308 valence electrons. The molecular formula is C52H52O2S6. The number of thiocarbonyl (C=S) groups is 2. The number of fused-ring (bicyclic) bond motifs is 7. The minimum Gasteiger partial charge on any atom is -0.478 e. The van der Waals surface area contributed by atoms with Gasteiger partial charge in [-0.3, -0.25) is 0 Å². The molecule has 0 saturated heterocycles. The molecule has 8 rings (SSSR count). The van der Waals surface area contributed by atoms with Crippen molar-refractivity contribution in [3.63, 3.8) is 0 Å². The quantitative estimate of drug-likeness (QED) is 0.0705. The minimum atomic E-state index is 0.573. The SMILES string of the molecule is CCCCC(CC)COC(=S)Sc1ccc2cc(-c3ccc4c(c3)sc3c5ccc(-c6ccc7cc(SC(=S)OCC(CC)CCCC)ccc7c6)cc5sc43)ccc2c1. The first-order chi connectivity index (χ1) is 29.3. The Kier molecular flexibility index (Phi) is 14.5. The fourth-order valence-corrected chi connectivity index (χ4v) is 12.7. The molecule has 60 heavy (non-hydrogen) atoms. The molecule has 0 fully saturated rings. The van der Waals surface area contributed by atoms with Crippen molar-refractivity contribution >= 4 is 131 Å². The summed E-state index contributed by atoms with van der Waals surface area (Å²) >= 11 is 18.1. The van der Waals surface area contributed by atoms with Crippen molar-refractivity contribution < 1.29 is 9.47 Å². The number of hydrogen-bond acceptors (Lipinski definition) is 8. The lowest BCUT2D eigenvalue weighted by Gasteiger charge is -2.15. The van der Waals surface area contributed by atoms with Gasteiger partial charge in [0.15, 0.2) is 0 Å². The van der Waals surface area contributed by atoms with E-state index in [1.165, 1.54) is 112 Å². The number of rotatable bonds is 16. The van der Waals surface area contributed by atoms with Crippen LogP contribution in [0.25, 0.3) is 73.4 Å². The summed E-state index contributed by atoms with van der Waals surface area (Å²) in [5, 5.41) is 7.54. The lowest BCUT2D eigenvalue weighted by molar-refractivity contribution is 0.233. The zero-order valence-corrected chi connectivity index (χ0v) is 39.8. The highest BCUT2D eigenvalue weighted by molar-refractivity contribution is 8.23. The Bertz CT molecular complexity index is 2610. The van der Waals surface area contributed by atoms with E-state index in [4.69, 9.17) is 33.9 Å². The first-order valence-corrected chi connectivity index (χ1v) is 25.6. The van der Waals surface area contributed by atoms with Crippen LogP contribution in [0, 0.1) is 11.8 Å². The molecule has 2 aromatic heterocycles. The van der Waals surface area contributed by atoms with E-state index in [0.717, 1.165) is 22.6 Å². The summed E-state index contributed by atoms with van der Waals surface area (Å²) in [6, 6.07) is 40.7. The molecule has 0 saturated carbocycles. The van der Waals surface area contributed by atoms with Gasteiger partial charge in [-0.2, -0.15) is 0 Å². The summed E-state index contributed by atoms with van der Waals surface area (Å²) in [4.78, 5) is 2.24. The smallest absolute Gasteiger partial charge is 0.224 e. The Morgan fingerprint density at radius 3 is 1.30 bits per heavy atom. The highest BCUT2D eigenvalue weighted by atomic mass is 32.2. The van der Waals surface area contributed by atoms with Gasteiger partial charge in [0.2, 0.25) is 8.77 Å². The van der Waals surface area contributed by atoms with Gasteiger partial charge in [0, 0.05) is 30.0 Å². The van der Waals surface area contributed by atoms with Gasteiger partial charge in [0.1, 0.15) is 0 Å².